The molecule has 1 unspecified atom stereocenters. The highest BCUT2D eigenvalue weighted by molar-refractivity contribution is 4.92. The maximum Gasteiger partial charge on any atom is 0.150 e. The number of aryl methyl sites for hydroxylation is 2. The SMILES string of the molecule is CCc1nc(CC)n(CC(O)CO)n1. The lowest BCUT2D eigenvalue weighted by Crippen LogP contribution is -2.22. The van der Waals surface area contributed by atoms with Crippen molar-refractivity contribution in [2.75, 3.05) is 6.61 Å². The molecule has 80 valence electrons. The summed E-state index contributed by atoms with van der Waals surface area (Å²) in [6.45, 7) is 4.05. The Kier molecular flexibility index (Phi) is 4.03. The second kappa shape index (κ2) is 5.07. The van der Waals surface area contributed by atoms with Gasteiger partial charge in [-0.05, 0) is 0 Å². The summed E-state index contributed by atoms with van der Waals surface area (Å²) < 4.78 is 1.67. The number of aliphatic hydroxyl groups is 2. The fourth-order valence-corrected chi connectivity index (χ4v) is 1.24. The lowest BCUT2D eigenvalue weighted by Gasteiger charge is -2.08. The fraction of sp³-hybridized carbons (Fsp3) is 0.778. The Labute approximate surface area is 83.4 Å². The van der Waals surface area contributed by atoms with Gasteiger partial charge in [0.1, 0.15) is 5.82 Å². The molecule has 0 aromatic carbocycles. The van der Waals surface area contributed by atoms with Crippen molar-refractivity contribution in [3.63, 3.8) is 0 Å². The van der Waals surface area contributed by atoms with E-state index in [0.717, 1.165) is 24.5 Å². The molecule has 0 aliphatic carbocycles. The highest BCUT2D eigenvalue weighted by Gasteiger charge is 2.10. The van der Waals surface area contributed by atoms with E-state index < -0.39 is 6.10 Å². The first-order valence-electron chi connectivity index (χ1n) is 4.92. The molecule has 14 heavy (non-hydrogen) atoms. The molecule has 0 radical (unpaired) electrons. The number of rotatable bonds is 5. The highest BCUT2D eigenvalue weighted by Crippen LogP contribution is 2.02. The minimum absolute atomic E-state index is 0.246. The third-order valence-electron chi connectivity index (χ3n) is 2.02. The second-order valence-corrected chi connectivity index (χ2v) is 3.17. The van der Waals surface area contributed by atoms with Crippen LogP contribution in [0.5, 0.6) is 0 Å². The summed E-state index contributed by atoms with van der Waals surface area (Å²) in [4.78, 5) is 4.29. The normalized spacial score (nSPS) is 13.1. The lowest BCUT2D eigenvalue weighted by molar-refractivity contribution is 0.0773. The summed E-state index contributed by atoms with van der Waals surface area (Å²) in [6, 6.07) is 0. The molecule has 0 saturated carbocycles. The Bertz CT molecular complexity index is 286. The molecule has 0 aliphatic rings. The van der Waals surface area contributed by atoms with E-state index in [2.05, 4.69) is 10.1 Å². The van der Waals surface area contributed by atoms with Crippen molar-refractivity contribution in [3.05, 3.63) is 11.6 Å². The summed E-state index contributed by atoms with van der Waals surface area (Å²) in [5, 5.41) is 22.2. The van der Waals surface area contributed by atoms with Crippen LogP contribution in [0.15, 0.2) is 0 Å². The van der Waals surface area contributed by atoms with Crippen molar-refractivity contribution in [3.8, 4) is 0 Å². The number of aromatic nitrogens is 3. The Morgan fingerprint density at radius 2 is 2.07 bits per heavy atom. The Morgan fingerprint density at radius 1 is 1.36 bits per heavy atom. The summed E-state index contributed by atoms with van der Waals surface area (Å²) in [7, 11) is 0. The van der Waals surface area contributed by atoms with Gasteiger partial charge in [0.25, 0.3) is 0 Å². The molecule has 0 bridgehead atoms. The first-order chi connectivity index (χ1) is 6.71. The molecule has 0 saturated heterocycles. The van der Waals surface area contributed by atoms with Crippen molar-refractivity contribution in [1.82, 2.24) is 14.8 Å². The van der Waals surface area contributed by atoms with Crippen LogP contribution < -0.4 is 0 Å². The fourth-order valence-electron chi connectivity index (χ4n) is 1.24. The first kappa shape index (κ1) is 11.1. The van der Waals surface area contributed by atoms with Crippen LogP contribution in [0, 0.1) is 0 Å². The van der Waals surface area contributed by atoms with Gasteiger partial charge in [-0.1, -0.05) is 13.8 Å². The van der Waals surface area contributed by atoms with Crippen LogP contribution in [0.4, 0.5) is 0 Å². The Balaban J connectivity index is 2.78. The van der Waals surface area contributed by atoms with Gasteiger partial charge >= 0.3 is 0 Å². The van der Waals surface area contributed by atoms with Crippen LogP contribution >= 0.6 is 0 Å². The van der Waals surface area contributed by atoms with Gasteiger partial charge in [0.05, 0.1) is 19.3 Å². The standard InChI is InChI=1S/C9H17N3O2/c1-3-8-10-9(4-2)12(11-8)5-7(14)6-13/h7,13-14H,3-6H2,1-2H3. The third kappa shape index (κ3) is 2.52. The van der Waals surface area contributed by atoms with Crippen molar-refractivity contribution >= 4 is 0 Å². The molecule has 5 heteroatoms. The van der Waals surface area contributed by atoms with Crippen molar-refractivity contribution in [2.45, 2.75) is 39.3 Å². The molecule has 5 nitrogen and oxygen atoms in total. The van der Waals surface area contributed by atoms with Crippen LogP contribution in [0.2, 0.25) is 0 Å². The van der Waals surface area contributed by atoms with Crippen molar-refractivity contribution in [2.24, 2.45) is 0 Å². The van der Waals surface area contributed by atoms with Gasteiger partial charge in [0.2, 0.25) is 0 Å². The molecule has 1 aromatic heterocycles. The average Bonchev–Trinajstić information content (AvgIpc) is 2.60. The van der Waals surface area contributed by atoms with Gasteiger partial charge in [0, 0.05) is 12.8 Å². The van der Waals surface area contributed by atoms with Crippen LogP contribution in [0.25, 0.3) is 0 Å². The van der Waals surface area contributed by atoms with E-state index >= 15 is 0 Å². The molecule has 1 atom stereocenters. The minimum atomic E-state index is -0.758. The molecular weight excluding hydrogens is 182 g/mol. The van der Waals surface area contributed by atoms with Gasteiger partial charge in [-0.3, -0.25) is 0 Å². The number of nitrogens with zero attached hydrogens (tertiary/aromatic N) is 3. The van der Waals surface area contributed by atoms with Gasteiger partial charge < -0.3 is 10.2 Å². The van der Waals surface area contributed by atoms with E-state index in [0.29, 0.717) is 6.54 Å². The van der Waals surface area contributed by atoms with Gasteiger partial charge in [0.15, 0.2) is 5.82 Å². The monoisotopic (exact) mass is 199 g/mol. The predicted molar refractivity (Wildman–Crippen MR) is 51.9 cm³/mol. The van der Waals surface area contributed by atoms with E-state index in [9.17, 15) is 5.11 Å². The quantitative estimate of drug-likeness (QED) is 0.686. The summed E-state index contributed by atoms with van der Waals surface area (Å²) >= 11 is 0. The average molecular weight is 199 g/mol. The lowest BCUT2D eigenvalue weighted by atomic mass is 10.3. The molecule has 0 amide bonds. The molecule has 0 aliphatic heterocycles. The Morgan fingerprint density at radius 3 is 2.57 bits per heavy atom. The summed E-state index contributed by atoms with van der Waals surface area (Å²) in [5.41, 5.74) is 0. The van der Waals surface area contributed by atoms with Crippen molar-refractivity contribution < 1.29 is 10.2 Å². The largest absolute Gasteiger partial charge is 0.394 e. The second-order valence-electron chi connectivity index (χ2n) is 3.17. The minimum Gasteiger partial charge on any atom is -0.394 e. The van der Waals surface area contributed by atoms with Crippen LogP contribution in [-0.4, -0.2) is 37.7 Å². The molecule has 1 heterocycles. The molecule has 0 spiro atoms. The van der Waals surface area contributed by atoms with Crippen LogP contribution in [-0.2, 0) is 19.4 Å². The zero-order valence-electron chi connectivity index (χ0n) is 8.64. The van der Waals surface area contributed by atoms with Gasteiger partial charge in [-0.25, -0.2) is 9.67 Å². The topological polar surface area (TPSA) is 71.2 Å². The van der Waals surface area contributed by atoms with Gasteiger partial charge in [-0.15, -0.1) is 0 Å². The number of aliphatic hydroxyl groups excluding tert-OH is 2. The number of hydrogen-bond donors (Lipinski definition) is 2. The number of hydrogen-bond acceptors (Lipinski definition) is 4. The van der Waals surface area contributed by atoms with Gasteiger partial charge in [-0.2, -0.15) is 5.10 Å². The van der Waals surface area contributed by atoms with Crippen molar-refractivity contribution in [1.29, 1.82) is 0 Å². The van der Waals surface area contributed by atoms with E-state index in [1.807, 2.05) is 13.8 Å². The summed E-state index contributed by atoms with van der Waals surface area (Å²) in [6.07, 6.45) is 0.812. The molecule has 1 rings (SSSR count). The smallest absolute Gasteiger partial charge is 0.150 e. The van der Waals surface area contributed by atoms with Crippen LogP contribution in [0.3, 0.4) is 0 Å². The van der Waals surface area contributed by atoms with E-state index in [-0.39, 0.29) is 6.61 Å². The molecule has 2 N–H and O–H groups in total. The van der Waals surface area contributed by atoms with E-state index in [1.54, 1.807) is 4.68 Å². The highest BCUT2D eigenvalue weighted by atomic mass is 16.3. The van der Waals surface area contributed by atoms with Crippen LogP contribution in [0.1, 0.15) is 25.5 Å². The maximum atomic E-state index is 9.27. The predicted octanol–water partition coefficient (Wildman–Crippen LogP) is -0.244. The first-order valence-corrected chi connectivity index (χ1v) is 4.92. The van der Waals surface area contributed by atoms with E-state index in [1.165, 1.54) is 0 Å². The van der Waals surface area contributed by atoms with E-state index in [4.69, 9.17) is 5.11 Å². The third-order valence-corrected chi connectivity index (χ3v) is 2.02. The molecule has 0 fully saturated rings. The molecular formula is C9H17N3O2. The summed E-state index contributed by atoms with van der Waals surface area (Å²) in [5.74, 6) is 1.64. The zero-order chi connectivity index (χ0) is 10.6. The Hall–Kier alpha value is -0.940. The maximum absolute atomic E-state index is 9.27. The molecule has 1 aromatic rings. The zero-order valence-corrected chi connectivity index (χ0v) is 8.64.